The van der Waals surface area contributed by atoms with Gasteiger partial charge in [0.1, 0.15) is 5.97 Å². The van der Waals surface area contributed by atoms with Gasteiger partial charge in [-0.2, -0.15) is 8.78 Å². The molecular formula is C15H12F2I3O4-. The number of halogens is 5. The predicted octanol–water partition coefficient (Wildman–Crippen LogP) is 3.60. The summed E-state index contributed by atoms with van der Waals surface area (Å²) in [5.74, 6) is -8.35. The Morgan fingerprint density at radius 1 is 1.21 bits per heavy atom. The lowest BCUT2D eigenvalue weighted by atomic mass is 9.95. The molecule has 0 saturated heterocycles. The summed E-state index contributed by atoms with van der Waals surface area (Å²) in [6, 6.07) is 3.37. The van der Waals surface area contributed by atoms with Crippen molar-refractivity contribution in [3.05, 3.63) is 28.4 Å². The standard InChI is InChI=1S/C15H13F2I3O4/c16-15(17,14(22)23)12(7-3-1-2-4-7)24-13(21)9-5-8(18)6-10(19)11(9)20/h5-7,12H,1-4H2,(H,22,23)/p-1. The molecule has 1 fully saturated rings. The van der Waals surface area contributed by atoms with E-state index in [1.54, 1.807) is 0 Å². The zero-order valence-corrected chi connectivity index (χ0v) is 18.6. The maximum Gasteiger partial charge on any atom is 0.339 e. The molecule has 0 bridgehead atoms. The van der Waals surface area contributed by atoms with E-state index in [0.717, 1.165) is 7.14 Å². The first-order chi connectivity index (χ1) is 11.1. The molecule has 0 N–H and O–H groups in total. The summed E-state index contributed by atoms with van der Waals surface area (Å²) < 4.78 is 35.3. The average molecular weight is 675 g/mol. The van der Waals surface area contributed by atoms with E-state index < -0.39 is 29.9 Å². The number of carbonyl (C=O) groups excluding carboxylic acids is 2. The van der Waals surface area contributed by atoms with E-state index in [4.69, 9.17) is 4.74 Å². The van der Waals surface area contributed by atoms with Gasteiger partial charge in [0.15, 0.2) is 6.10 Å². The minimum Gasteiger partial charge on any atom is -0.544 e. The Labute approximate surface area is 178 Å². The Bertz CT molecular complexity index is 660. The summed E-state index contributed by atoms with van der Waals surface area (Å²) in [7, 11) is 0. The number of ether oxygens (including phenoxy) is 1. The van der Waals surface area contributed by atoms with Crippen LogP contribution >= 0.6 is 67.8 Å². The van der Waals surface area contributed by atoms with E-state index in [0.29, 0.717) is 29.3 Å². The summed E-state index contributed by atoms with van der Waals surface area (Å²) in [6.07, 6.45) is 0.216. The van der Waals surface area contributed by atoms with Crippen LogP contribution in [0.25, 0.3) is 0 Å². The summed E-state index contributed by atoms with van der Waals surface area (Å²) >= 11 is 5.99. The van der Waals surface area contributed by atoms with Crippen LogP contribution < -0.4 is 5.11 Å². The van der Waals surface area contributed by atoms with Crippen LogP contribution in [0.4, 0.5) is 8.78 Å². The zero-order chi connectivity index (χ0) is 18.1. The zero-order valence-electron chi connectivity index (χ0n) is 12.2. The average Bonchev–Trinajstić information content (AvgIpc) is 3.01. The molecule has 1 aromatic carbocycles. The highest BCUT2D eigenvalue weighted by Gasteiger charge is 2.49. The number of carboxylic acids is 1. The number of alkyl halides is 2. The number of carboxylic acid groups (broad SMARTS) is 1. The molecule has 0 spiro atoms. The van der Waals surface area contributed by atoms with Crippen LogP contribution in [0.5, 0.6) is 0 Å². The lowest BCUT2D eigenvalue weighted by Gasteiger charge is -2.31. The van der Waals surface area contributed by atoms with Crippen molar-refractivity contribution in [2.75, 3.05) is 0 Å². The highest BCUT2D eigenvalue weighted by Crippen LogP contribution is 2.37. The van der Waals surface area contributed by atoms with Crippen LogP contribution in [-0.4, -0.2) is 24.0 Å². The van der Waals surface area contributed by atoms with Gasteiger partial charge in [-0.15, -0.1) is 0 Å². The molecule has 0 amide bonds. The number of aliphatic carboxylic acids is 1. The Kier molecular flexibility index (Phi) is 7.07. The van der Waals surface area contributed by atoms with E-state index in [-0.39, 0.29) is 5.56 Å². The predicted molar refractivity (Wildman–Crippen MR) is 106 cm³/mol. The third-order valence-electron chi connectivity index (χ3n) is 3.90. The molecule has 9 heteroatoms. The normalized spacial score (nSPS) is 16.9. The number of hydrogen-bond acceptors (Lipinski definition) is 4. The summed E-state index contributed by atoms with van der Waals surface area (Å²) in [5, 5.41) is 10.9. The van der Waals surface area contributed by atoms with Crippen LogP contribution in [0, 0.1) is 16.6 Å². The van der Waals surface area contributed by atoms with Crippen molar-refractivity contribution in [1.82, 2.24) is 0 Å². The molecule has 1 aromatic rings. The lowest BCUT2D eigenvalue weighted by molar-refractivity contribution is -0.337. The fraction of sp³-hybridized carbons (Fsp3) is 0.467. The molecule has 1 aliphatic carbocycles. The highest BCUT2D eigenvalue weighted by molar-refractivity contribution is 14.1. The summed E-state index contributed by atoms with van der Waals surface area (Å²) in [6.45, 7) is 0. The second-order valence-electron chi connectivity index (χ2n) is 5.53. The van der Waals surface area contributed by atoms with E-state index in [1.807, 2.05) is 73.8 Å². The van der Waals surface area contributed by atoms with Crippen molar-refractivity contribution in [2.45, 2.75) is 37.7 Å². The summed E-state index contributed by atoms with van der Waals surface area (Å²) in [4.78, 5) is 23.3. The first-order valence-corrected chi connectivity index (χ1v) is 10.3. The minimum absolute atomic E-state index is 0.157. The minimum atomic E-state index is -4.22. The van der Waals surface area contributed by atoms with Gasteiger partial charge >= 0.3 is 11.9 Å². The highest BCUT2D eigenvalue weighted by atomic mass is 127. The molecular weight excluding hydrogens is 663 g/mol. The fourth-order valence-corrected chi connectivity index (χ4v) is 5.10. The van der Waals surface area contributed by atoms with Crippen LogP contribution in [-0.2, 0) is 9.53 Å². The molecule has 0 radical (unpaired) electrons. The third-order valence-corrected chi connectivity index (χ3v) is 7.57. The van der Waals surface area contributed by atoms with E-state index in [9.17, 15) is 23.5 Å². The number of esters is 1. The van der Waals surface area contributed by atoms with Crippen LogP contribution in [0.1, 0.15) is 36.0 Å². The molecule has 24 heavy (non-hydrogen) atoms. The first-order valence-electron chi connectivity index (χ1n) is 7.09. The molecule has 2 rings (SSSR count). The van der Waals surface area contributed by atoms with Crippen molar-refractivity contribution in [3.8, 4) is 0 Å². The lowest BCUT2D eigenvalue weighted by Crippen LogP contribution is -2.53. The van der Waals surface area contributed by atoms with Crippen molar-refractivity contribution < 1.29 is 28.2 Å². The first kappa shape index (κ1) is 20.5. The van der Waals surface area contributed by atoms with Gasteiger partial charge in [-0.25, -0.2) is 4.79 Å². The van der Waals surface area contributed by atoms with Gasteiger partial charge in [0.05, 0.1) is 5.56 Å². The Morgan fingerprint density at radius 3 is 2.33 bits per heavy atom. The Balaban J connectivity index is 2.33. The smallest absolute Gasteiger partial charge is 0.339 e. The molecule has 132 valence electrons. The van der Waals surface area contributed by atoms with Crippen molar-refractivity contribution in [3.63, 3.8) is 0 Å². The van der Waals surface area contributed by atoms with Crippen LogP contribution in [0.3, 0.4) is 0 Å². The monoisotopic (exact) mass is 675 g/mol. The van der Waals surface area contributed by atoms with E-state index in [2.05, 4.69) is 0 Å². The number of benzene rings is 1. The molecule has 4 nitrogen and oxygen atoms in total. The number of hydrogen-bond donors (Lipinski definition) is 0. The van der Waals surface area contributed by atoms with Gasteiger partial charge in [0.2, 0.25) is 0 Å². The van der Waals surface area contributed by atoms with Gasteiger partial charge < -0.3 is 14.6 Å². The molecule has 1 saturated carbocycles. The molecule has 0 aromatic heterocycles. The SMILES string of the molecule is O=C(OC(C1CCCC1)C(F)(F)C(=O)[O-])c1cc(I)cc(I)c1I. The topological polar surface area (TPSA) is 66.4 Å². The second kappa shape index (κ2) is 8.27. The van der Waals surface area contributed by atoms with Crippen molar-refractivity contribution >= 4 is 79.7 Å². The van der Waals surface area contributed by atoms with Crippen LogP contribution in [0.15, 0.2) is 12.1 Å². The molecule has 0 heterocycles. The Hall–Kier alpha value is 0.210. The maximum absolute atomic E-state index is 14.1. The van der Waals surface area contributed by atoms with E-state index in [1.165, 1.54) is 6.07 Å². The second-order valence-corrected chi connectivity index (χ2v) is 9.02. The third kappa shape index (κ3) is 4.48. The number of carbonyl (C=O) groups is 2. The van der Waals surface area contributed by atoms with Gasteiger partial charge in [-0.1, -0.05) is 12.8 Å². The Morgan fingerprint density at radius 2 is 1.79 bits per heavy atom. The maximum atomic E-state index is 14.1. The van der Waals surface area contributed by atoms with Crippen LogP contribution in [0.2, 0.25) is 0 Å². The quantitative estimate of drug-likeness (QED) is 0.272. The summed E-state index contributed by atoms with van der Waals surface area (Å²) in [5.41, 5.74) is 0.157. The van der Waals surface area contributed by atoms with Gasteiger partial charge in [-0.05, 0) is 92.7 Å². The van der Waals surface area contributed by atoms with E-state index >= 15 is 0 Å². The van der Waals surface area contributed by atoms with Gasteiger partial charge in [-0.3, -0.25) is 0 Å². The van der Waals surface area contributed by atoms with Crippen molar-refractivity contribution in [1.29, 1.82) is 0 Å². The molecule has 1 unspecified atom stereocenters. The molecule has 1 atom stereocenters. The fourth-order valence-electron chi connectivity index (χ4n) is 2.73. The van der Waals surface area contributed by atoms with Gasteiger partial charge in [0.25, 0.3) is 0 Å². The molecule has 1 aliphatic rings. The van der Waals surface area contributed by atoms with Gasteiger partial charge in [0, 0.05) is 16.6 Å². The number of rotatable bonds is 5. The van der Waals surface area contributed by atoms with Crippen molar-refractivity contribution in [2.24, 2.45) is 5.92 Å². The molecule has 0 aliphatic heterocycles. The largest absolute Gasteiger partial charge is 0.544 e.